The standard InChI is InChI=1S/C17H17BrN2O/c1-12-10-17(21)20(11-13-6-8-14(18)9-7-13)16-5-3-2-4-15(16)19-12/h2-9,12,19H,10-11H2,1H3/t12-/m1/s1. The summed E-state index contributed by atoms with van der Waals surface area (Å²) >= 11 is 3.44. The number of carbonyl (C=O) groups excluding carboxylic acids is 1. The van der Waals surface area contributed by atoms with Gasteiger partial charge in [0.2, 0.25) is 5.91 Å². The van der Waals surface area contributed by atoms with Gasteiger partial charge in [0.15, 0.2) is 0 Å². The first-order valence-electron chi connectivity index (χ1n) is 7.04. The van der Waals surface area contributed by atoms with Crippen LogP contribution in [0.5, 0.6) is 0 Å². The van der Waals surface area contributed by atoms with Gasteiger partial charge >= 0.3 is 0 Å². The van der Waals surface area contributed by atoms with Crippen molar-refractivity contribution in [2.45, 2.75) is 25.9 Å². The number of carbonyl (C=O) groups is 1. The Balaban J connectivity index is 1.95. The lowest BCUT2D eigenvalue weighted by Crippen LogP contribution is -2.31. The smallest absolute Gasteiger partial charge is 0.229 e. The van der Waals surface area contributed by atoms with Crippen LogP contribution >= 0.6 is 15.9 Å². The fraction of sp³-hybridized carbons (Fsp3) is 0.235. The van der Waals surface area contributed by atoms with E-state index in [2.05, 4.69) is 21.2 Å². The van der Waals surface area contributed by atoms with Crippen LogP contribution in [0.1, 0.15) is 18.9 Å². The topological polar surface area (TPSA) is 32.3 Å². The first-order valence-corrected chi connectivity index (χ1v) is 7.83. The van der Waals surface area contributed by atoms with Crippen molar-refractivity contribution < 1.29 is 4.79 Å². The third-order valence-electron chi connectivity index (χ3n) is 3.63. The molecule has 0 fully saturated rings. The van der Waals surface area contributed by atoms with Gasteiger partial charge in [0.25, 0.3) is 0 Å². The molecular formula is C17H17BrN2O. The normalized spacial score (nSPS) is 17.9. The first kappa shape index (κ1) is 14.1. The molecule has 1 amide bonds. The van der Waals surface area contributed by atoms with Crippen molar-refractivity contribution >= 4 is 33.2 Å². The van der Waals surface area contributed by atoms with Crippen molar-refractivity contribution in [1.29, 1.82) is 0 Å². The summed E-state index contributed by atoms with van der Waals surface area (Å²) in [5.41, 5.74) is 3.10. The van der Waals surface area contributed by atoms with Crippen molar-refractivity contribution in [3.8, 4) is 0 Å². The Kier molecular flexibility index (Phi) is 3.97. The number of anilines is 2. The molecule has 1 heterocycles. The van der Waals surface area contributed by atoms with E-state index in [4.69, 9.17) is 0 Å². The Morgan fingerprint density at radius 3 is 2.67 bits per heavy atom. The van der Waals surface area contributed by atoms with Gasteiger partial charge in [-0.15, -0.1) is 0 Å². The molecule has 1 aliphatic heterocycles. The van der Waals surface area contributed by atoms with E-state index in [1.165, 1.54) is 0 Å². The number of benzene rings is 2. The van der Waals surface area contributed by atoms with Crippen LogP contribution in [-0.4, -0.2) is 11.9 Å². The molecule has 1 atom stereocenters. The van der Waals surface area contributed by atoms with Gasteiger partial charge in [0.1, 0.15) is 0 Å². The van der Waals surface area contributed by atoms with Gasteiger partial charge in [-0.3, -0.25) is 4.79 Å². The van der Waals surface area contributed by atoms with E-state index in [-0.39, 0.29) is 11.9 Å². The number of rotatable bonds is 2. The van der Waals surface area contributed by atoms with Crippen LogP contribution in [0.15, 0.2) is 53.0 Å². The van der Waals surface area contributed by atoms with E-state index < -0.39 is 0 Å². The molecule has 2 aromatic rings. The largest absolute Gasteiger partial charge is 0.380 e. The van der Waals surface area contributed by atoms with Crippen LogP contribution in [0.2, 0.25) is 0 Å². The number of nitrogens with one attached hydrogen (secondary N) is 1. The lowest BCUT2D eigenvalue weighted by Gasteiger charge is -2.22. The summed E-state index contributed by atoms with van der Waals surface area (Å²) < 4.78 is 1.05. The second-order valence-corrected chi connectivity index (χ2v) is 6.29. The predicted octanol–water partition coefficient (Wildman–Crippen LogP) is 4.19. The van der Waals surface area contributed by atoms with Gasteiger partial charge in [-0.1, -0.05) is 40.2 Å². The highest BCUT2D eigenvalue weighted by atomic mass is 79.9. The highest BCUT2D eigenvalue weighted by Crippen LogP contribution is 2.31. The molecule has 0 saturated heterocycles. The van der Waals surface area contributed by atoms with Gasteiger partial charge in [-0.25, -0.2) is 0 Å². The van der Waals surface area contributed by atoms with Crippen LogP contribution in [0.25, 0.3) is 0 Å². The maximum absolute atomic E-state index is 12.5. The summed E-state index contributed by atoms with van der Waals surface area (Å²) in [4.78, 5) is 14.4. The molecule has 0 unspecified atom stereocenters. The maximum Gasteiger partial charge on any atom is 0.229 e. The first-order chi connectivity index (χ1) is 10.1. The number of hydrogen-bond donors (Lipinski definition) is 1. The van der Waals surface area contributed by atoms with Crippen molar-refractivity contribution in [2.24, 2.45) is 0 Å². The quantitative estimate of drug-likeness (QED) is 0.885. The molecule has 2 aromatic carbocycles. The molecule has 0 bridgehead atoms. The number of hydrogen-bond acceptors (Lipinski definition) is 2. The molecule has 3 rings (SSSR count). The molecule has 21 heavy (non-hydrogen) atoms. The molecule has 0 saturated carbocycles. The number of para-hydroxylation sites is 2. The van der Waals surface area contributed by atoms with Crippen LogP contribution < -0.4 is 10.2 Å². The van der Waals surface area contributed by atoms with Gasteiger partial charge < -0.3 is 10.2 Å². The van der Waals surface area contributed by atoms with Gasteiger partial charge in [-0.05, 0) is 36.8 Å². The Bertz CT molecular complexity index is 654. The molecule has 108 valence electrons. The van der Waals surface area contributed by atoms with Gasteiger partial charge in [0, 0.05) is 16.9 Å². The Morgan fingerprint density at radius 2 is 1.90 bits per heavy atom. The van der Waals surface area contributed by atoms with E-state index in [1.807, 2.05) is 60.4 Å². The minimum atomic E-state index is 0.147. The minimum absolute atomic E-state index is 0.147. The van der Waals surface area contributed by atoms with Crippen LogP contribution in [-0.2, 0) is 11.3 Å². The summed E-state index contributed by atoms with van der Waals surface area (Å²) in [5.74, 6) is 0.155. The number of fused-ring (bicyclic) bond motifs is 1. The van der Waals surface area contributed by atoms with Crippen LogP contribution in [0.3, 0.4) is 0 Å². The number of amides is 1. The van der Waals surface area contributed by atoms with Crippen molar-refractivity contribution in [1.82, 2.24) is 0 Å². The van der Waals surface area contributed by atoms with Crippen LogP contribution in [0, 0.1) is 0 Å². The van der Waals surface area contributed by atoms with E-state index >= 15 is 0 Å². The molecule has 3 nitrogen and oxygen atoms in total. The SMILES string of the molecule is C[C@@H]1CC(=O)N(Cc2ccc(Br)cc2)c2ccccc2N1. The average Bonchev–Trinajstić information content (AvgIpc) is 2.58. The highest BCUT2D eigenvalue weighted by Gasteiger charge is 2.25. The zero-order chi connectivity index (χ0) is 14.8. The van der Waals surface area contributed by atoms with E-state index in [9.17, 15) is 4.79 Å². The van der Waals surface area contributed by atoms with E-state index in [1.54, 1.807) is 0 Å². The fourth-order valence-corrected chi connectivity index (χ4v) is 2.86. The van der Waals surface area contributed by atoms with Gasteiger partial charge in [-0.2, -0.15) is 0 Å². The Hall–Kier alpha value is -1.81. The monoisotopic (exact) mass is 344 g/mol. The third kappa shape index (κ3) is 3.10. The number of halogens is 1. The highest BCUT2D eigenvalue weighted by molar-refractivity contribution is 9.10. The lowest BCUT2D eigenvalue weighted by atomic mass is 10.1. The maximum atomic E-state index is 12.5. The Morgan fingerprint density at radius 1 is 1.19 bits per heavy atom. The van der Waals surface area contributed by atoms with Crippen LogP contribution in [0.4, 0.5) is 11.4 Å². The molecule has 1 N–H and O–H groups in total. The zero-order valence-corrected chi connectivity index (χ0v) is 13.4. The minimum Gasteiger partial charge on any atom is -0.380 e. The predicted molar refractivity (Wildman–Crippen MR) is 89.5 cm³/mol. The van der Waals surface area contributed by atoms with Crippen molar-refractivity contribution in [3.63, 3.8) is 0 Å². The summed E-state index contributed by atoms with van der Waals surface area (Å²) in [6, 6.07) is 16.2. The molecule has 0 spiro atoms. The molecular weight excluding hydrogens is 328 g/mol. The summed E-state index contributed by atoms with van der Waals surface area (Å²) in [6.07, 6.45) is 0.505. The number of nitrogens with zero attached hydrogens (tertiary/aromatic N) is 1. The molecule has 1 aliphatic rings. The summed E-state index contributed by atoms with van der Waals surface area (Å²) in [6.45, 7) is 2.63. The summed E-state index contributed by atoms with van der Waals surface area (Å²) in [5, 5.41) is 3.41. The third-order valence-corrected chi connectivity index (χ3v) is 4.16. The average molecular weight is 345 g/mol. The Labute approximate surface area is 133 Å². The second-order valence-electron chi connectivity index (χ2n) is 5.37. The fourth-order valence-electron chi connectivity index (χ4n) is 2.60. The second kappa shape index (κ2) is 5.90. The molecule has 0 radical (unpaired) electrons. The summed E-state index contributed by atoms with van der Waals surface area (Å²) in [7, 11) is 0. The van der Waals surface area contributed by atoms with E-state index in [0.29, 0.717) is 13.0 Å². The van der Waals surface area contributed by atoms with Crippen molar-refractivity contribution in [2.75, 3.05) is 10.2 Å². The lowest BCUT2D eigenvalue weighted by molar-refractivity contribution is -0.118. The molecule has 0 aliphatic carbocycles. The molecule has 0 aromatic heterocycles. The van der Waals surface area contributed by atoms with Gasteiger partial charge in [0.05, 0.1) is 17.9 Å². The zero-order valence-electron chi connectivity index (χ0n) is 11.8. The van der Waals surface area contributed by atoms with Crippen molar-refractivity contribution in [3.05, 3.63) is 58.6 Å². The van der Waals surface area contributed by atoms with E-state index in [0.717, 1.165) is 21.4 Å². The molecule has 4 heteroatoms.